The van der Waals surface area contributed by atoms with E-state index in [0.717, 1.165) is 24.2 Å². The first kappa shape index (κ1) is 19.2. The first-order chi connectivity index (χ1) is 13.2. The Balaban J connectivity index is 1.46. The quantitative estimate of drug-likeness (QED) is 0.509. The summed E-state index contributed by atoms with van der Waals surface area (Å²) in [6.07, 6.45) is 1.90. The minimum absolute atomic E-state index is 0.00201. The van der Waals surface area contributed by atoms with Crippen LogP contribution < -0.4 is 5.32 Å². The molecule has 0 radical (unpaired) electrons. The molecule has 0 aliphatic carbocycles. The Hall–Kier alpha value is -2.52. The molecule has 3 rings (SSSR count). The number of aryl methyl sites for hydroxylation is 1. The fourth-order valence-electron chi connectivity index (χ4n) is 2.84. The highest BCUT2D eigenvalue weighted by Gasteiger charge is 2.10. The average Bonchev–Trinajstić information content (AvgIpc) is 2.72. The number of rotatable bonds is 8. The summed E-state index contributed by atoms with van der Waals surface area (Å²) >= 11 is 1.80. The smallest absolute Gasteiger partial charge is 0.251 e. The van der Waals surface area contributed by atoms with Gasteiger partial charge in [0, 0.05) is 22.3 Å². The van der Waals surface area contributed by atoms with Crippen LogP contribution in [0.2, 0.25) is 0 Å². The highest BCUT2D eigenvalue weighted by atomic mass is 32.2. The van der Waals surface area contributed by atoms with E-state index in [1.807, 2.05) is 36.4 Å². The van der Waals surface area contributed by atoms with Gasteiger partial charge in [0.15, 0.2) is 0 Å². The molecule has 0 spiro atoms. The van der Waals surface area contributed by atoms with Gasteiger partial charge in [0.1, 0.15) is 0 Å². The lowest BCUT2D eigenvalue weighted by Crippen LogP contribution is -2.32. The highest BCUT2D eigenvalue weighted by Crippen LogP contribution is 2.22. The second kappa shape index (κ2) is 9.98. The second-order valence-electron chi connectivity index (χ2n) is 6.70. The van der Waals surface area contributed by atoms with Gasteiger partial charge in [0.05, 0.1) is 0 Å². The van der Waals surface area contributed by atoms with Crippen LogP contribution in [-0.4, -0.2) is 11.9 Å². The van der Waals surface area contributed by atoms with E-state index in [9.17, 15) is 4.79 Å². The van der Waals surface area contributed by atoms with Crippen molar-refractivity contribution in [1.29, 1.82) is 0 Å². The zero-order valence-electron chi connectivity index (χ0n) is 15.6. The molecule has 27 heavy (non-hydrogen) atoms. The fourth-order valence-corrected chi connectivity index (χ4v) is 3.72. The van der Waals surface area contributed by atoms with E-state index < -0.39 is 0 Å². The molecular formula is C24H25NOS. The Morgan fingerprint density at radius 2 is 1.48 bits per heavy atom. The molecule has 0 saturated heterocycles. The molecule has 3 aromatic carbocycles. The van der Waals surface area contributed by atoms with Crippen molar-refractivity contribution < 1.29 is 4.79 Å². The number of benzene rings is 3. The number of thioether (sulfide) groups is 1. The zero-order valence-corrected chi connectivity index (χ0v) is 16.4. The van der Waals surface area contributed by atoms with Gasteiger partial charge < -0.3 is 5.32 Å². The van der Waals surface area contributed by atoms with Crippen LogP contribution in [0, 0.1) is 0 Å². The molecule has 0 aromatic heterocycles. The summed E-state index contributed by atoms with van der Waals surface area (Å²) < 4.78 is 0. The predicted octanol–water partition coefficient (Wildman–Crippen LogP) is 5.73. The minimum Gasteiger partial charge on any atom is -0.350 e. The van der Waals surface area contributed by atoms with Crippen molar-refractivity contribution in [3.05, 3.63) is 102 Å². The van der Waals surface area contributed by atoms with Crippen molar-refractivity contribution in [3.8, 4) is 0 Å². The number of carbonyl (C=O) groups is 1. The largest absolute Gasteiger partial charge is 0.350 e. The molecule has 1 N–H and O–H groups in total. The van der Waals surface area contributed by atoms with Crippen LogP contribution in [0.3, 0.4) is 0 Å². The van der Waals surface area contributed by atoms with Crippen LogP contribution in [-0.2, 0) is 12.2 Å². The third-order valence-electron chi connectivity index (χ3n) is 4.45. The molecule has 0 heterocycles. The molecule has 2 nitrogen and oxygen atoms in total. The van der Waals surface area contributed by atoms with E-state index in [0.29, 0.717) is 0 Å². The van der Waals surface area contributed by atoms with Crippen molar-refractivity contribution in [1.82, 2.24) is 5.32 Å². The molecule has 0 bridgehead atoms. The van der Waals surface area contributed by atoms with Crippen LogP contribution in [0.15, 0.2) is 89.8 Å². The molecule has 138 valence electrons. The average molecular weight is 376 g/mol. The van der Waals surface area contributed by atoms with E-state index in [1.54, 1.807) is 11.8 Å². The Bertz CT molecular complexity index is 831. The number of carbonyl (C=O) groups excluding carboxylic acids is 1. The van der Waals surface area contributed by atoms with Crippen molar-refractivity contribution in [2.24, 2.45) is 0 Å². The Kier molecular flexibility index (Phi) is 7.11. The van der Waals surface area contributed by atoms with Crippen molar-refractivity contribution in [2.75, 3.05) is 0 Å². The molecule has 0 aliphatic heterocycles. The molecule has 3 aromatic rings. The summed E-state index contributed by atoms with van der Waals surface area (Å²) in [6, 6.07) is 28.8. The van der Waals surface area contributed by atoms with Crippen LogP contribution in [0.25, 0.3) is 0 Å². The Morgan fingerprint density at radius 1 is 0.852 bits per heavy atom. The summed E-state index contributed by atoms with van der Waals surface area (Å²) in [4.78, 5) is 13.7. The second-order valence-corrected chi connectivity index (χ2v) is 7.75. The van der Waals surface area contributed by atoms with E-state index in [2.05, 4.69) is 60.8 Å². The maximum Gasteiger partial charge on any atom is 0.251 e. The fraction of sp³-hybridized carbons (Fsp3) is 0.208. The van der Waals surface area contributed by atoms with Gasteiger partial charge in [0.2, 0.25) is 0 Å². The molecule has 0 saturated carbocycles. The van der Waals surface area contributed by atoms with Gasteiger partial charge in [-0.15, -0.1) is 11.8 Å². The summed E-state index contributed by atoms with van der Waals surface area (Å²) in [5.41, 5.74) is 3.24. The monoisotopic (exact) mass is 375 g/mol. The first-order valence-electron chi connectivity index (χ1n) is 9.32. The van der Waals surface area contributed by atoms with E-state index in [-0.39, 0.29) is 11.9 Å². The first-order valence-corrected chi connectivity index (χ1v) is 10.3. The van der Waals surface area contributed by atoms with Crippen LogP contribution >= 0.6 is 11.8 Å². The zero-order chi connectivity index (χ0) is 18.9. The third-order valence-corrected chi connectivity index (χ3v) is 5.53. The van der Waals surface area contributed by atoms with Crippen LogP contribution in [0.5, 0.6) is 0 Å². The van der Waals surface area contributed by atoms with Gasteiger partial charge in [-0.1, -0.05) is 60.7 Å². The summed E-state index contributed by atoms with van der Waals surface area (Å²) in [5, 5.41) is 3.10. The van der Waals surface area contributed by atoms with E-state index in [1.165, 1.54) is 16.0 Å². The molecule has 1 atom stereocenters. The standard InChI is InChI=1S/C24H25NOS/c1-19(12-13-20-8-4-2-5-9-20)25-24(26)22-16-14-21(15-17-22)18-27-23-10-6-3-7-11-23/h2-11,14-17,19H,12-13,18H2,1H3,(H,25,26)/t19-/m1/s1. The SMILES string of the molecule is C[C@H](CCc1ccccc1)NC(=O)c1ccc(CSc2ccccc2)cc1. The van der Waals surface area contributed by atoms with Crippen LogP contribution in [0.4, 0.5) is 0 Å². The molecule has 3 heteroatoms. The van der Waals surface area contributed by atoms with Crippen molar-refractivity contribution >= 4 is 17.7 Å². The molecule has 0 unspecified atom stereocenters. The number of nitrogens with one attached hydrogen (secondary N) is 1. The van der Waals surface area contributed by atoms with Gasteiger partial charge in [-0.25, -0.2) is 0 Å². The summed E-state index contributed by atoms with van der Waals surface area (Å²) in [5.74, 6) is 0.900. The lowest BCUT2D eigenvalue weighted by Gasteiger charge is -2.14. The normalized spacial score (nSPS) is 11.7. The van der Waals surface area contributed by atoms with Gasteiger partial charge in [-0.2, -0.15) is 0 Å². The minimum atomic E-state index is -0.00201. The maximum atomic E-state index is 12.4. The van der Waals surface area contributed by atoms with Gasteiger partial charge in [-0.3, -0.25) is 4.79 Å². The van der Waals surface area contributed by atoms with E-state index >= 15 is 0 Å². The molecular weight excluding hydrogens is 350 g/mol. The Labute approximate surface area is 166 Å². The molecule has 0 fully saturated rings. The topological polar surface area (TPSA) is 29.1 Å². The van der Waals surface area contributed by atoms with Gasteiger partial charge in [-0.05, 0) is 55.2 Å². The number of hydrogen-bond acceptors (Lipinski definition) is 2. The lowest BCUT2D eigenvalue weighted by molar-refractivity contribution is 0.0938. The Morgan fingerprint density at radius 3 is 2.15 bits per heavy atom. The number of amides is 1. The highest BCUT2D eigenvalue weighted by molar-refractivity contribution is 7.98. The third kappa shape index (κ3) is 6.30. The van der Waals surface area contributed by atoms with Crippen molar-refractivity contribution in [3.63, 3.8) is 0 Å². The van der Waals surface area contributed by atoms with Crippen LogP contribution in [0.1, 0.15) is 34.8 Å². The molecule has 0 aliphatic rings. The maximum absolute atomic E-state index is 12.4. The summed E-state index contributed by atoms with van der Waals surface area (Å²) in [6.45, 7) is 2.06. The van der Waals surface area contributed by atoms with E-state index in [4.69, 9.17) is 0 Å². The molecule has 1 amide bonds. The lowest BCUT2D eigenvalue weighted by atomic mass is 10.1. The predicted molar refractivity (Wildman–Crippen MR) is 114 cm³/mol. The van der Waals surface area contributed by atoms with Gasteiger partial charge >= 0.3 is 0 Å². The summed E-state index contributed by atoms with van der Waals surface area (Å²) in [7, 11) is 0. The van der Waals surface area contributed by atoms with Crippen molar-refractivity contribution in [2.45, 2.75) is 36.5 Å². The van der Waals surface area contributed by atoms with Gasteiger partial charge in [0.25, 0.3) is 5.91 Å². The number of hydrogen-bond donors (Lipinski definition) is 1.